The Kier molecular flexibility index (Phi) is 5.53. The lowest BCUT2D eigenvalue weighted by Gasteiger charge is -2.28. The van der Waals surface area contributed by atoms with E-state index in [0.29, 0.717) is 17.0 Å². The first-order chi connectivity index (χ1) is 12.5. The molecule has 2 amide bonds. The van der Waals surface area contributed by atoms with Gasteiger partial charge in [-0.1, -0.05) is 42.5 Å². The van der Waals surface area contributed by atoms with Crippen molar-refractivity contribution >= 4 is 40.7 Å². The standard InChI is InChI=1S/C20H18N2O3S/c1-14(23)16-8-5-9-17(10-16)21-19(24)11-22-18(12-26-13-20(22)25)15-6-3-2-4-7-15/h2-10,12H,11,13H2,1H3,(H,21,24). The highest BCUT2D eigenvalue weighted by atomic mass is 32.2. The molecule has 0 aliphatic carbocycles. The van der Waals surface area contributed by atoms with Gasteiger partial charge in [-0.05, 0) is 30.0 Å². The number of thioether (sulfide) groups is 1. The Morgan fingerprint density at radius 2 is 1.88 bits per heavy atom. The largest absolute Gasteiger partial charge is 0.325 e. The first kappa shape index (κ1) is 17.9. The number of anilines is 1. The first-order valence-electron chi connectivity index (χ1n) is 8.13. The molecule has 0 saturated carbocycles. The zero-order chi connectivity index (χ0) is 18.5. The summed E-state index contributed by atoms with van der Waals surface area (Å²) in [5, 5.41) is 4.66. The first-order valence-corrected chi connectivity index (χ1v) is 9.18. The molecule has 2 aromatic carbocycles. The van der Waals surface area contributed by atoms with Crippen LogP contribution in [0.25, 0.3) is 5.70 Å². The molecular weight excluding hydrogens is 348 g/mol. The predicted molar refractivity (Wildman–Crippen MR) is 104 cm³/mol. The van der Waals surface area contributed by atoms with Crippen LogP contribution in [0.1, 0.15) is 22.8 Å². The van der Waals surface area contributed by atoms with E-state index in [-0.39, 0.29) is 24.1 Å². The predicted octanol–water partition coefficient (Wildman–Crippen LogP) is 3.40. The Hall–Kier alpha value is -2.86. The summed E-state index contributed by atoms with van der Waals surface area (Å²) in [5.74, 6) is -0.181. The zero-order valence-electron chi connectivity index (χ0n) is 14.3. The number of benzene rings is 2. The van der Waals surface area contributed by atoms with Gasteiger partial charge in [0.2, 0.25) is 11.8 Å². The van der Waals surface area contributed by atoms with Crippen LogP contribution in [0, 0.1) is 0 Å². The van der Waals surface area contributed by atoms with Crippen LogP contribution in [0.5, 0.6) is 0 Å². The van der Waals surface area contributed by atoms with Crippen molar-refractivity contribution < 1.29 is 14.4 Å². The Balaban J connectivity index is 1.75. The molecule has 0 atom stereocenters. The van der Waals surface area contributed by atoms with Crippen LogP contribution in [0.15, 0.2) is 60.0 Å². The second-order valence-electron chi connectivity index (χ2n) is 5.85. The lowest BCUT2D eigenvalue weighted by atomic mass is 10.1. The molecule has 132 valence electrons. The summed E-state index contributed by atoms with van der Waals surface area (Å²) in [5.41, 5.74) is 2.67. The van der Waals surface area contributed by atoms with Gasteiger partial charge in [0, 0.05) is 11.3 Å². The number of carbonyl (C=O) groups is 3. The van der Waals surface area contributed by atoms with Crippen molar-refractivity contribution in [2.75, 3.05) is 17.6 Å². The van der Waals surface area contributed by atoms with Crippen molar-refractivity contribution in [2.24, 2.45) is 0 Å². The number of ketones is 1. The highest BCUT2D eigenvalue weighted by Gasteiger charge is 2.25. The smallest absolute Gasteiger partial charge is 0.244 e. The number of amides is 2. The van der Waals surface area contributed by atoms with Gasteiger partial charge < -0.3 is 10.2 Å². The molecule has 1 aliphatic heterocycles. The van der Waals surface area contributed by atoms with Crippen LogP contribution in [0.3, 0.4) is 0 Å². The average Bonchev–Trinajstić information content (AvgIpc) is 2.64. The van der Waals surface area contributed by atoms with E-state index in [1.165, 1.54) is 23.6 Å². The number of nitrogens with one attached hydrogen (secondary N) is 1. The molecule has 26 heavy (non-hydrogen) atoms. The summed E-state index contributed by atoms with van der Waals surface area (Å²) in [6, 6.07) is 16.3. The molecule has 0 bridgehead atoms. The quantitative estimate of drug-likeness (QED) is 0.824. The van der Waals surface area contributed by atoms with Crippen LogP contribution in [0.2, 0.25) is 0 Å². The summed E-state index contributed by atoms with van der Waals surface area (Å²) < 4.78 is 0. The van der Waals surface area contributed by atoms with Crippen molar-refractivity contribution in [1.82, 2.24) is 4.90 Å². The van der Waals surface area contributed by atoms with E-state index in [1.54, 1.807) is 24.3 Å². The van der Waals surface area contributed by atoms with Crippen molar-refractivity contribution in [1.29, 1.82) is 0 Å². The van der Waals surface area contributed by atoms with E-state index in [4.69, 9.17) is 0 Å². The normalized spacial score (nSPS) is 14.0. The lowest BCUT2D eigenvalue weighted by Crippen LogP contribution is -2.39. The summed E-state index contributed by atoms with van der Waals surface area (Å²) >= 11 is 1.42. The molecule has 1 N–H and O–H groups in total. The van der Waals surface area contributed by atoms with Gasteiger partial charge in [-0.15, -0.1) is 11.8 Å². The molecule has 3 rings (SSSR count). The fourth-order valence-corrected chi connectivity index (χ4v) is 3.44. The van der Waals surface area contributed by atoms with E-state index in [1.807, 2.05) is 35.7 Å². The molecule has 0 radical (unpaired) electrons. The van der Waals surface area contributed by atoms with Crippen molar-refractivity contribution in [3.05, 3.63) is 71.1 Å². The minimum absolute atomic E-state index is 0.0707. The van der Waals surface area contributed by atoms with Gasteiger partial charge in [0.15, 0.2) is 5.78 Å². The van der Waals surface area contributed by atoms with Gasteiger partial charge in [-0.2, -0.15) is 0 Å². The number of hydrogen-bond acceptors (Lipinski definition) is 4. The maximum atomic E-state index is 12.5. The van der Waals surface area contributed by atoms with E-state index in [0.717, 1.165) is 11.3 Å². The number of hydrogen-bond donors (Lipinski definition) is 1. The fourth-order valence-electron chi connectivity index (χ4n) is 2.63. The van der Waals surface area contributed by atoms with E-state index in [9.17, 15) is 14.4 Å². The second kappa shape index (κ2) is 8.01. The minimum Gasteiger partial charge on any atom is -0.325 e. The molecule has 6 heteroatoms. The van der Waals surface area contributed by atoms with E-state index >= 15 is 0 Å². The highest BCUT2D eigenvalue weighted by molar-refractivity contribution is 8.03. The van der Waals surface area contributed by atoms with Gasteiger partial charge in [0.1, 0.15) is 6.54 Å². The van der Waals surface area contributed by atoms with Gasteiger partial charge in [0.25, 0.3) is 0 Å². The third-order valence-electron chi connectivity index (χ3n) is 3.92. The Labute approximate surface area is 156 Å². The molecule has 5 nitrogen and oxygen atoms in total. The number of carbonyl (C=O) groups excluding carboxylic acids is 3. The fraction of sp³-hybridized carbons (Fsp3) is 0.150. The maximum absolute atomic E-state index is 12.5. The number of Topliss-reactive ketones (excluding diaryl/α,β-unsaturated/α-hetero) is 1. The van der Waals surface area contributed by atoms with Crippen LogP contribution >= 0.6 is 11.8 Å². The van der Waals surface area contributed by atoms with Crippen molar-refractivity contribution in [2.45, 2.75) is 6.92 Å². The van der Waals surface area contributed by atoms with E-state index in [2.05, 4.69) is 5.32 Å². The number of rotatable bonds is 5. The van der Waals surface area contributed by atoms with Crippen LogP contribution < -0.4 is 5.32 Å². The summed E-state index contributed by atoms with van der Waals surface area (Å²) in [6.07, 6.45) is 0. The Morgan fingerprint density at radius 3 is 2.62 bits per heavy atom. The maximum Gasteiger partial charge on any atom is 0.244 e. The van der Waals surface area contributed by atoms with Gasteiger partial charge >= 0.3 is 0 Å². The number of nitrogens with zero attached hydrogens (tertiary/aromatic N) is 1. The van der Waals surface area contributed by atoms with Gasteiger partial charge in [-0.3, -0.25) is 14.4 Å². The molecule has 0 spiro atoms. The topological polar surface area (TPSA) is 66.5 Å². The van der Waals surface area contributed by atoms with Crippen molar-refractivity contribution in [3.63, 3.8) is 0 Å². The molecule has 0 saturated heterocycles. The molecular formula is C20H18N2O3S. The van der Waals surface area contributed by atoms with E-state index < -0.39 is 0 Å². The van der Waals surface area contributed by atoms with Crippen LogP contribution in [-0.4, -0.2) is 34.8 Å². The Bertz CT molecular complexity index is 878. The second-order valence-corrected chi connectivity index (χ2v) is 6.70. The van der Waals surface area contributed by atoms with Crippen molar-refractivity contribution in [3.8, 4) is 0 Å². The van der Waals surface area contributed by atoms with Crippen LogP contribution in [-0.2, 0) is 9.59 Å². The third kappa shape index (κ3) is 4.21. The highest BCUT2D eigenvalue weighted by Crippen LogP contribution is 2.28. The zero-order valence-corrected chi connectivity index (χ0v) is 15.1. The third-order valence-corrected chi connectivity index (χ3v) is 4.72. The summed E-state index contributed by atoms with van der Waals surface area (Å²) in [7, 11) is 0. The van der Waals surface area contributed by atoms with Gasteiger partial charge in [0.05, 0.1) is 11.4 Å². The minimum atomic E-state index is -0.312. The summed E-state index contributed by atoms with van der Waals surface area (Å²) in [6.45, 7) is 1.40. The SMILES string of the molecule is CC(=O)c1cccc(NC(=O)CN2C(=O)CSC=C2c2ccccc2)c1. The van der Waals surface area contributed by atoms with Crippen LogP contribution in [0.4, 0.5) is 5.69 Å². The summed E-state index contributed by atoms with van der Waals surface area (Å²) in [4.78, 5) is 37.8. The molecule has 0 aromatic heterocycles. The monoisotopic (exact) mass is 366 g/mol. The molecule has 0 unspecified atom stereocenters. The molecule has 1 heterocycles. The molecule has 2 aromatic rings. The molecule has 1 aliphatic rings. The lowest BCUT2D eigenvalue weighted by molar-refractivity contribution is -0.129. The van der Waals surface area contributed by atoms with Gasteiger partial charge in [-0.25, -0.2) is 0 Å². The Morgan fingerprint density at radius 1 is 1.12 bits per heavy atom. The average molecular weight is 366 g/mol. The molecule has 0 fully saturated rings.